The lowest BCUT2D eigenvalue weighted by atomic mass is 10.00. The molecule has 2 aromatic carbocycles. The molecule has 5 nitrogen and oxygen atoms in total. The second-order valence-electron chi connectivity index (χ2n) is 7.52. The van der Waals surface area contributed by atoms with E-state index in [4.69, 9.17) is 0 Å². The van der Waals surface area contributed by atoms with Crippen molar-refractivity contribution in [3.05, 3.63) is 107 Å². The van der Waals surface area contributed by atoms with E-state index in [0.717, 1.165) is 22.5 Å². The standard InChI is InChI=1S/C24H22N4O/c1-17-9-11-18(12-10-17)23-21-8-5-15-27(21)20-7-4-3-6-19(20)16-28(23)24(29)22-13-14-25-26(22)2/h3-15,23H,16H2,1-2H3. The Bertz CT molecular complexity index is 1190. The van der Waals surface area contributed by atoms with Crippen LogP contribution in [0.1, 0.15) is 38.9 Å². The quantitative estimate of drug-likeness (QED) is 0.520. The first-order valence-corrected chi connectivity index (χ1v) is 9.74. The number of fused-ring (bicyclic) bond motifs is 3. The van der Waals surface area contributed by atoms with Crippen LogP contribution in [0.4, 0.5) is 0 Å². The van der Waals surface area contributed by atoms with Gasteiger partial charge < -0.3 is 9.47 Å². The zero-order valence-electron chi connectivity index (χ0n) is 16.5. The molecule has 2 aromatic heterocycles. The fraction of sp³-hybridized carbons (Fsp3) is 0.167. The molecule has 0 N–H and O–H groups in total. The summed E-state index contributed by atoms with van der Waals surface area (Å²) in [6, 6.07) is 22.5. The molecule has 29 heavy (non-hydrogen) atoms. The molecule has 1 aliphatic rings. The number of aromatic nitrogens is 3. The minimum absolute atomic E-state index is 0.0278. The monoisotopic (exact) mass is 382 g/mol. The molecule has 5 rings (SSSR count). The molecule has 1 unspecified atom stereocenters. The molecule has 1 aliphatic heterocycles. The molecule has 0 saturated carbocycles. The zero-order chi connectivity index (χ0) is 20.0. The summed E-state index contributed by atoms with van der Waals surface area (Å²) in [5, 5.41) is 4.21. The van der Waals surface area contributed by atoms with Crippen molar-refractivity contribution >= 4 is 5.91 Å². The van der Waals surface area contributed by atoms with Gasteiger partial charge in [0.2, 0.25) is 0 Å². The van der Waals surface area contributed by atoms with Crippen molar-refractivity contribution in [3.8, 4) is 5.69 Å². The molecule has 0 saturated heterocycles. The molecular formula is C24H22N4O. The van der Waals surface area contributed by atoms with Crippen LogP contribution in [0.5, 0.6) is 0 Å². The van der Waals surface area contributed by atoms with Crippen LogP contribution in [-0.4, -0.2) is 25.2 Å². The van der Waals surface area contributed by atoms with E-state index in [1.165, 1.54) is 5.56 Å². The third-order valence-corrected chi connectivity index (χ3v) is 5.66. The van der Waals surface area contributed by atoms with Gasteiger partial charge in [-0.2, -0.15) is 5.10 Å². The van der Waals surface area contributed by atoms with Gasteiger partial charge in [-0.3, -0.25) is 9.48 Å². The van der Waals surface area contributed by atoms with Gasteiger partial charge in [-0.25, -0.2) is 0 Å². The van der Waals surface area contributed by atoms with Crippen LogP contribution >= 0.6 is 0 Å². The van der Waals surface area contributed by atoms with Crippen LogP contribution in [0.25, 0.3) is 5.69 Å². The molecule has 0 fully saturated rings. The van der Waals surface area contributed by atoms with Gasteiger partial charge in [-0.05, 0) is 42.3 Å². The Labute approximate surface area is 169 Å². The van der Waals surface area contributed by atoms with Gasteiger partial charge in [0.15, 0.2) is 0 Å². The highest BCUT2D eigenvalue weighted by atomic mass is 16.2. The molecule has 5 heteroatoms. The molecule has 0 radical (unpaired) electrons. The van der Waals surface area contributed by atoms with Crippen molar-refractivity contribution in [2.24, 2.45) is 7.05 Å². The molecule has 0 spiro atoms. The number of carbonyl (C=O) groups is 1. The predicted molar refractivity (Wildman–Crippen MR) is 112 cm³/mol. The van der Waals surface area contributed by atoms with Gasteiger partial charge >= 0.3 is 0 Å². The molecular weight excluding hydrogens is 360 g/mol. The highest BCUT2D eigenvalue weighted by Gasteiger charge is 2.34. The summed E-state index contributed by atoms with van der Waals surface area (Å²) in [5.41, 5.74) is 6.19. The van der Waals surface area contributed by atoms with E-state index in [2.05, 4.69) is 65.3 Å². The number of carbonyl (C=O) groups excluding carboxylic acids is 1. The summed E-state index contributed by atoms with van der Waals surface area (Å²) >= 11 is 0. The van der Waals surface area contributed by atoms with Gasteiger partial charge in [0.1, 0.15) is 5.69 Å². The van der Waals surface area contributed by atoms with Crippen LogP contribution in [-0.2, 0) is 13.6 Å². The smallest absolute Gasteiger partial charge is 0.273 e. The maximum Gasteiger partial charge on any atom is 0.273 e. The first kappa shape index (κ1) is 17.5. The minimum atomic E-state index is -0.194. The molecule has 144 valence electrons. The highest BCUT2D eigenvalue weighted by molar-refractivity contribution is 5.93. The van der Waals surface area contributed by atoms with Gasteiger partial charge in [-0.1, -0.05) is 48.0 Å². The summed E-state index contributed by atoms with van der Waals surface area (Å²) in [7, 11) is 1.81. The molecule has 1 atom stereocenters. The summed E-state index contributed by atoms with van der Waals surface area (Å²) in [6.07, 6.45) is 3.75. The zero-order valence-corrected chi connectivity index (χ0v) is 16.5. The van der Waals surface area contributed by atoms with Gasteiger partial charge in [-0.15, -0.1) is 0 Å². The summed E-state index contributed by atoms with van der Waals surface area (Å²) in [6.45, 7) is 2.61. The Morgan fingerprint density at radius 3 is 2.55 bits per heavy atom. The molecule has 1 amide bonds. The first-order valence-electron chi connectivity index (χ1n) is 9.74. The van der Waals surface area contributed by atoms with Crippen LogP contribution in [0.15, 0.2) is 79.1 Å². The number of aryl methyl sites for hydroxylation is 2. The number of para-hydroxylation sites is 1. The largest absolute Gasteiger partial charge is 0.320 e. The Kier molecular flexibility index (Phi) is 4.09. The molecule has 0 aliphatic carbocycles. The van der Waals surface area contributed by atoms with Crippen molar-refractivity contribution in [1.82, 2.24) is 19.2 Å². The van der Waals surface area contributed by atoms with Crippen molar-refractivity contribution in [2.45, 2.75) is 19.5 Å². The van der Waals surface area contributed by atoms with E-state index in [9.17, 15) is 4.79 Å². The van der Waals surface area contributed by atoms with Crippen LogP contribution < -0.4 is 0 Å². The summed E-state index contributed by atoms with van der Waals surface area (Å²) < 4.78 is 3.85. The summed E-state index contributed by atoms with van der Waals surface area (Å²) in [5.74, 6) is -0.0278. The van der Waals surface area contributed by atoms with E-state index < -0.39 is 0 Å². The maximum atomic E-state index is 13.7. The Balaban J connectivity index is 1.73. The normalized spacial score (nSPS) is 15.5. The fourth-order valence-electron chi connectivity index (χ4n) is 4.17. The van der Waals surface area contributed by atoms with Crippen molar-refractivity contribution in [3.63, 3.8) is 0 Å². The Morgan fingerprint density at radius 1 is 1.00 bits per heavy atom. The lowest BCUT2D eigenvalue weighted by Crippen LogP contribution is -2.35. The van der Waals surface area contributed by atoms with E-state index in [1.807, 2.05) is 30.1 Å². The number of rotatable bonds is 2. The second-order valence-corrected chi connectivity index (χ2v) is 7.52. The number of benzene rings is 2. The lowest BCUT2D eigenvalue weighted by Gasteiger charge is -2.31. The third kappa shape index (κ3) is 2.86. The van der Waals surface area contributed by atoms with Gasteiger partial charge in [0, 0.05) is 31.7 Å². The van der Waals surface area contributed by atoms with E-state index in [0.29, 0.717) is 12.2 Å². The SMILES string of the molecule is Cc1ccc(C2c3cccn3-c3ccccc3CN2C(=O)c2ccnn2C)cc1. The average molecular weight is 382 g/mol. The first-order chi connectivity index (χ1) is 14.1. The van der Waals surface area contributed by atoms with E-state index >= 15 is 0 Å². The number of nitrogens with zero attached hydrogens (tertiary/aromatic N) is 4. The minimum Gasteiger partial charge on any atom is -0.320 e. The van der Waals surface area contributed by atoms with E-state index in [-0.39, 0.29) is 11.9 Å². The third-order valence-electron chi connectivity index (χ3n) is 5.66. The molecule has 0 bridgehead atoms. The Morgan fingerprint density at radius 2 is 1.79 bits per heavy atom. The molecule has 4 aromatic rings. The second kappa shape index (κ2) is 6.78. The van der Waals surface area contributed by atoms with Crippen LogP contribution in [0, 0.1) is 6.92 Å². The Hall–Kier alpha value is -3.60. The summed E-state index contributed by atoms with van der Waals surface area (Å²) in [4.78, 5) is 15.6. The predicted octanol–water partition coefficient (Wildman–Crippen LogP) is 4.26. The number of hydrogen-bond acceptors (Lipinski definition) is 2. The number of hydrogen-bond donors (Lipinski definition) is 0. The van der Waals surface area contributed by atoms with Crippen molar-refractivity contribution < 1.29 is 4.79 Å². The van der Waals surface area contributed by atoms with Crippen LogP contribution in [0.2, 0.25) is 0 Å². The van der Waals surface area contributed by atoms with Crippen molar-refractivity contribution in [1.29, 1.82) is 0 Å². The van der Waals surface area contributed by atoms with Crippen molar-refractivity contribution in [2.75, 3.05) is 0 Å². The number of amides is 1. The highest BCUT2D eigenvalue weighted by Crippen LogP contribution is 2.37. The topological polar surface area (TPSA) is 43.1 Å². The maximum absolute atomic E-state index is 13.7. The lowest BCUT2D eigenvalue weighted by molar-refractivity contribution is 0.0679. The fourth-order valence-corrected chi connectivity index (χ4v) is 4.17. The van der Waals surface area contributed by atoms with E-state index in [1.54, 1.807) is 16.9 Å². The van der Waals surface area contributed by atoms with Crippen LogP contribution in [0.3, 0.4) is 0 Å². The molecule has 3 heterocycles. The van der Waals surface area contributed by atoms with Gasteiger partial charge in [0.25, 0.3) is 5.91 Å². The van der Waals surface area contributed by atoms with Gasteiger partial charge in [0.05, 0.1) is 11.7 Å². The average Bonchev–Trinajstić information content (AvgIpc) is 3.35.